The fourth-order valence-electron chi connectivity index (χ4n) is 3.15. The number of methoxy groups -OCH3 is 2. The highest BCUT2D eigenvalue weighted by Crippen LogP contribution is 2.25. The van der Waals surface area contributed by atoms with E-state index in [2.05, 4.69) is 10.6 Å². The van der Waals surface area contributed by atoms with Crippen molar-refractivity contribution < 1.29 is 38.6 Å². The second-order valence-electron chi connectivity index (χ2n) is 7.47. The molecule has 0 aliphatic heterocycles. The predicted octanol–water partition coefficient (Wildman–Crippen LogP) is 1.48. The number of amides is 2. The van der Waals surface area contributed by atoms with Gasteiger partial charge in [0, 0.05) is 24.1 Å². The van der Waals surface area contributed by atoms with Crippen LogP contribution in [0.15, 0.2) is 48.5 Å². The third-order valence-electron chi connectivity index (χ3n) is 4.95. The average molecular weight is 489 g/mol. The number of hydrogen-bond donors (Lipinski definition) is 3. The largest absolute Gasteiger partial charge is 0.496 e. The monoisotopic (exact) mass is 489 g/mol. The van der Waals surface area contributed by atoms with Crippen LogP contribution in [0.3, 0.4) is 0 Å². The number of rotatable bonds is 11. The Bertz CT molecular complexity index is 1040. The lowest BCUT2D eigenvalue weighted by Gasteiger charge is -2.24. The molecular weight excluding hydrogens is 462 g/mol. The summed E-state index contributed by atoms with van der Waals surface area (Å²) in [6, 6.07) is 9.89. The van der Waals surface area contributed by atoms with E-state index in [0.717, 1.165) is 12.7 Å². The molecule has 0 aromatic heterocycles. The molecule has 0 radical (unpaired) electrons. The molecule has 2 amide bonds. The van der Waals surface area contributed by atoms with Gasteiger partial charge in [-0.25, -0.2) is 9.59 Å². The van der Waals surface area contributed by atoms with Gasteiger partial charge < -0.3 is 30.0 Å². The zero-order valence-corrected chi connectivity index (χ0v) is 19.4. The Morgan fingerprint density at radius 1 is 1.09 bits per heavy atom. The molecule has 0 saturated heterocycles. The number of benzene rings is 2. The minimum absolute atomic E-state index is 0.0574. The van der Waals surface area contributed by atoms with E-state index >= 15 is 0 Å². The normalized spacial score (nSPS) is 13.0. The van der Waals surface area contributed by atoms with Crippen LogP contribution in [0.5, 0.6) is 5.75 Å². The number of ether oxygens (including phenoxy) is 3. The number of esters is 1. The number of nitro groups is 1. The Balaban J connectivity index is 2.14. The molecule has 3 atom stereocenters. The number of aliphatic hydroxyl groups excluding tert-OH is 1. The first-order valence-corrected chi connectivity index (χ1v) is 10.5. The number of non-ortho nitro benzene ring substituents is 1. The average Bonchev–Trinajstić information content (AvgIpc) is 2.85. The summed E-state index contributed by atoms with van der Waals surface area (Å²) in [5, 5.41) is 25.9. The van der Waals surface area contributed by atoms with Crippen molar-refractivity contribution >= 4 is 23.7 Å². The highest BCUT2D eigenvalue weighted by atomic mass is 16.6. The topological polar surface area (TPSA) is 166 Å². The van der Waals surface area contributed by atoms with Crippen LogP contribution in [0.1, 0.15) is 18.1 Å². The number of nitrogens with one attached hydrogen (secondary N) is 2. The van der Waals surface area contributed by atoms with Crippen molar-refractivity contribution in [3.05, 3.63) is 69.8 Å². The van der Waals surface area contributed by atoms with E-state index in [1.807, 2.05) is 0 Å². The molecule has 0 aliphatic rings. The van der Waals surface area contributed by atoms with E-state index in [1.165, 1.54) is 32.2 Å². The number of carbonyl (C=O) groups excluding carboxylic acids is 3. The Morgan fingerprint density at radius 2 is 1.77 bits per heavy atom. The molecule has 0 unspecified atom stereocenters. The maximum atomic E-state index is 12.9. The molecule has 0 heterocycles. The summed E-state index contributed by atoms with van der Waals surface area (Å²) < 4.78 is 15.0. The van der Waals surface area contributed by atoms with Gasteiger partial charge in [-0.1, -0.05) is 30.3 Å². The third-order valence-corrected chi connectivity index (χ3v) is 4.95. The second-order valence-corrected chi connectivity index (χ2v) is 7.47. The zero-order chi connectivity index (χ0) is 26.0. The Hall–Kier alpha value is -4.19. The molecule has 0 bridgehead atoms. The van der Waals surface area contributed by atoms with E-state index in [4.69, 9.17) is 14.2 Å². The molecule has 2 rings (SSSR count). The van der Waals surface area contributed by atoms with Crippen LogP contribution >= 0.6 is 0 Å². The number of alkyl carbamates (subject to hydrolysis) is 1. The lowest BCUT2D eigenvalue weighted by atomic mass is 10.0. The van der Waals surface area contributed by atoms with E-state index in [0.29, 0.717) is 0 Å². The van der Waals surface area contributed by atoms with Crippen LogP contribution in [-0.4, -0.2) is 60.4 Å². The predicted molar refractivity (Wildman–Crippen MR) is 123 cm³/mol. The summed E-state index contributed by atoms with van der Waals surface area (Å²) in [5.74, 6) is -1.48. The van der Waals surface area contributed by atoms with Gasteiger partial charge in [0.15, 0.2) is 0 Å². The fourth-order valence-corrected chi connectivity index (χ4v) is 3.15. The molecule has 0 saturated carbocycles. The summed E-state index contributed by atoms with van der Waals surface area (Å²) in [6.45, 7) is 1.22. The minimum Gasteiger partial charge on any atom is -0.496 e. The summed E-state index contributed by atoms with van der Waals surface area (Å²) in [7, 11) is 2.46. The van der Waals surface area contributed by atoms with Crippen LogP contribution in [0, 0.1) is 10.1 Å². The molecule has 3 N–H and O–H groups in total. The van der Waals surface area contributed by atoms with Crippen molar-refractivity contribution in [2.24, 2.45) is 0 Å². The van der Waals surface area contributed by atoms with Crippen molar-refractivity contribution in [1.82, 2.24) is 10.6 Å². The molecule has 0 aliphatic carbocycles. The molecule has 188 valence electrons. The standard InChI is InChI=1S/C23H27N3O9/c1-14(27)20(25-23(30)35-13-15-7-5-4-6-8-15)21(28)24-18(22(29)34-3)12-16-11-17(26(31)32)9-10-19(16)33-2/h4-11,14,18,20,27H,12-13H2,1-3H3,(H,24,28)(H,25,30)/t14-,18+,20+/m1/s1. The first-order chi connectivity index (χ1) is 16.7. The highest BCUT2D eigenvalue weighted by Gasteiger charge is 2.31. The summed E-state index contributed by atoms with van der Waals surface area (Å²) in [4.78, 5) is 47.9. The molecule has 0 spiro atoms. The number of aliphatic hydroxyl groups is 1. The van der Waals surface area contributed by atoms with Crippen molar-refractivity contribution in [2.45, 2.75) is 38.1 Å². The summed E-state index contributed by atoms with van der Waals surface area (Å²) >= 11 is 0. The lowest BCUT2D eigenvalue weighted by molar-refractivity contribution is -0.384. The van der Waals surface area contributed by atoms with Crippen LogP contribution in [0.4, 0.5) is 10.5 Å². The number of carbonyl (C=O) groups is 3. The van der Waals surface area contributed by atoms with Crippen molar-refractivity contribution in [3.8, 4) is 5.75 Å². The zero-order valence-electron chi connectivity index (χ0n) is 19.4. The van der Waals surface area contributed by atoms with E-state index in [-0.39, 0.29) is 30.0 Å². The van der Waals surface area contributed by atoms with Gasteiger partial charge in [-0.2, -0.15) is 0 Å². The van der Waals surface area contributed by atoms with E-state index < -0.39 is 41.1 Å². The van der Waals surface area contributed by atoms with Crippen LogP contribution in [-0.2, 0) is 32.1 Å². The number of nitro benzene ring substituents is 1. The molecule has 2 aromatic carbocycles. The lowest BCUT2D eigenvalue weighted by Crippen LogP contribution is -2.56. The van der Waals surface area contributed by atoms with E-state index in [1.54, 1.807) is 30.3 Å². The van der Waals surface area contributed by atoms with Gasteiger partial charge in [-0.05, 0) is 18.6 Å². The maximum absolute atomic E-state index is 12.9. The van der Waals surface area contributed by atoms with Gasteiger partial charge in [0.25, 0.3) is 5.69 Å². The van der Waals surface area contributed by atoms with Gasteiger partial charge in [0.1, 0.15) is 24.4 Å². The van der Waals surface area contributed by atoms with Crippen molar-refractivity contribution in [1.29, 1.82) is 0 Å². The Kier molecular flexibility index (Phi) is 9.97. The SMILES string of the molecule is COC(=O)[C@H](Cc1cc([N+](=O)[O-])ccc1OC)NC(=O)[C@@H](NC(=O)OCc1ccccc1)[C@@H](C)O. The number of hydrogen-bond acceptors (Lipinski definition) is 9. The van der Waals surface area contributed by atoms with Crippen molar-refractivity contribution in [3.63, 3.8) is 0 Å². The third kappa shape index (κ3) is 7.96. The van der Waals surface area contributed by atoms with Crippen molar-refractivity contribution in [2.75, 3.05) is 14.2 Å². The highest BCUT2D eigenvalue weighted by molar-refractivity contribution is 5.90. The van der Waals surface area contributed by atoms with Gasteiger partial charge in [-0.15, -0.1) is 0 Å². The first-order valence-electron chi connectivity index (χ1n) is 10.5. The molecule has 35 heavy (non-hydrogen) atoms. The molecule has 12 heteroatoms. The summed E-state index contributed by atoms with van der Waals surface area (Å²) in [5.41, 5.74) is 0.749. The molecule has 12 nitrogen and oxygen atoms in total. The van der Waals surface area contributed by atoms with Crippen LogP contribution < -0.4 is 15.4 Å². The van der Waals surface area contributed by atoms with Gasteiger partial charge in [0.05, 0.1) is 25.2 Å². The first kappa shape index (κ1) is 27.1. The number of nitrogens with zero attached hydrogens (tertiary/aromatic N) is 1. The maximum Gasteiger partial charge on any atom is 0.408 e. The Morgan fingerprint density at radius 3 is 2.34 bits per heavy atom. The second kappa shape index (κ2) is 12.9. The minimum atomic E-state index is -1.46. The quantitative estimate of drug-likeness (QED) is 0.241. The molecular formula is C23H27N3O9. The smallest absolute Gasteiger partial charge is 0.408 e. The van der Waals surface area contributed by atoms with Crippen LogP contribution in [0.25, 0.3) is 0 Å². The fraction of sp³-hybridized carbons (Fsp3) is 0.348. The summed E-state index contributed by atoms with van der Waals surface area (Å²) in [6.07, 6.45) is -2.51. The van der Waals surface area contributed by atoms with Gasteiger partial charge in [-0.3, -0.25) is 14.9 Å². The molecule has 2 aromatic rings. The Labute approximate surface area is 201 Å². The van der Waals surface area contributed by atoms with Gasteiger partial charge >= 0.3 is 12.1 Å². The van der Waals surface area contributed by atoms with E-state index in [9.17, 15) is 29.6 Å². The van der Waals surface area contributed by atoms with Gasteiger partial charge in [0.2, 0.25) is 5.91 Å². The van der Waals surface area contributed by atoms with Crippen LogP contribution in [0.2, 0.25) is 0 Å². The molecule has 0 fully saturated rings.